The van der Waals surface area contributed by atoms with Crippen LogP contribution < -0.4 is 4.72 Å². The van der Waals surface area contributed by atoms with Crippen molar-refractivity contribution in [1.82, 2.24) is 4.72 Å². The summed E-state index contributed by atoms with van der Waals surface area (Å²) in [6, 6.07) is 18.4. The molecule has 3 aromatic carbocycles. The predicted molar refractivity (Wildman–Crippen MR) is 173 cm³/mol. The van der Waals surface area contributed by atoms with Gasteiger partial charge in [-0.05, 0) is 42.2 Å². The molecular formula is C36H43NO7S. The van der Waals surface area contributed by atoms with Gasteiger partial charge in [0.05, 0.1) is 11.5 Å². The van der Waals surface area contributed by atoms with Crippen LogP contribution in [0, 0.1) is 0 Å². The average molecular weight is 634 g/mol. The molecule has 0 fully saturated rings. The average Bonchev–Trinajstić information content (AvgIpc) is 3.33. The van der Waals surface area contributed by atoms with Crippen LogP contribution in [-0.4, -0.2) is 38.8 Å². The lowest BCUT2D eigenvalue weighted by atomic mass is 10.0. The van der Waals surface area contributed by atoms with E-state index in [1.807, 2.05) is 12.1 Å². The van der Waals surface area contributed by atoms with Gasteiger partial charge < -0.3 is 9.47 Å². The summed E-state index contributed by atoms with van der Waals surface area (Å²) in [7, 11) is -4.37. The molecule has 0 heterocycles. The van der Waals surface area contributed by atoms with Gasteiger partial charge >= 0.3 is 11.9 Å². The topological polar surface area (TPSA) is 116 Å². The molecule has 1 N–H and O–H groups in total. The first kappa shape index (κ1) is 34.1. The number of sulfonamides is 1. The maximum absolute atomic E-state index is 13.7. The van der Waals surface area contributed by atoms with Crippen molar-refractivity contribution in [1.29, 1.82) is 0 Å². The molecule has 45 heavy (non-hydrogen) atoms. The molecule has 240 valence electrons. The summed E-state index contributed by atoms with van der Waals surface area (Å²) in [6.07, 6.45) is 8.70. The van der Waals surface area contributed by atoms with Gasteiger partial charge in [0, 0.05) is 17.5 Å². The summed E-state index contributed by atoms with van der Waals surface area (Å²) in [5.41, 5.74) is 2.59. The number of hydrogen-bond donors (Lipinski definition) is 1. The number of hydrogen-bond acceptors (Lipinski definition) is 7. The van der Waals surface area contributed by atoms with Crippen LogP contribution in [0.2, 0.25) is 0 Å². The van der Waals surface area contributed by atoms with E-state index < -0.39 is 34.1 Å². The molecule has 3 aromatic rings. The minimum absolute atomic E-state index is 0.00341. The Labute approximate surface area is 266 Å². The smallest absolute Gasteiger partial charge is 0.328 e. The fourth-order valence-electron chi connectivity index (χ4n) is 5.63. The normalized spacial score (nSPS) is 13.5. The number of unbranched alkanes of at least 4 members (excludes halogenated alkanes) is 8. The monoisotopic (exact) mass is 633 g/mol. The summed E-state index contributed by atoms with van der Waals surface area (Å²) in [5, 5.41) is 0. The Kier molecular flexibility index (Phi) is 12.5. The zero-order chi connectivity index (χ0) is 32.2. The predicted octanol–water partition coefficient (Wildman–Crippen LogP) is 7.31. The molecule has 2 atom stereocenters. The Balaban J connectivity index is 1.50. The summed E-state index contributed by atoms with van der Waals surface area (Å²) in [5.74, 6) is -1.68. The van der Waals surface area contributed by atoms with Crippen molar-refractivity contribution in [2.24, 2.45) is 0 Å². The van der Waals surface area contributed by atoms with Gasteiger partial charge in [0.2, 0.25) is 10.0 Å². The van der Waals surface area contributed by atoms with Gasteiger partial charge in [-0.1, -0.05) is 119 Å². The van der Waals surface area contributed by atoms with Crippen LogP contribution in [-0.2, 0) is 29.1 Å². The largest absolute Gasteiger partial charge is 0.465 e. The number of ketones is 1. The second-order valence-corrected chi connectivity index (χ2v) is 13.0. The molecule has 0 saturated heterocycles. The highest BCUT2D eigenvalue weighted by atomic mass is 32.2. The number of ether oxygens (including phenoxy) is 2. The molecule has 0 amide bonds. The molecule has 0 aliphatic heterocycles. The number of fused-ring (bicyclic) bond motifs is 3. The minimum atomic E-state index is -4.37. The molecule has 1 aliphatic carbocycles. The van der Waals surface area contributed by atoms with E-state index in [9.17, 15) is 22.8 Å². The highest BCUT2D eigenvalue weighted by molar-refractivity contribution is 7.89. The minimum Gasteiger partial charge on any atom is -0.465 e. The van der Waals surface area contributed by atoms with E-state index in [1.165, 1.54) is 44.2 Å². The first-order valence-electron chi connectivity index (χ1n) is 16.0. The molecule has 0 aromatic heterocycles. The van der Waals surface area contributed by atoms with Crippen LogP contribution in [0.25, 0.3) is 11.1 Å². The summed E-state index contributed by atoms with van der Waals surface area (Å²) in [4.78, 5) is 39.2. The standard InChI is InChI=1S/C36H43NO7S/c1-3-5-6-7-8-9-10-11-15-22-32(38)44-35(26-18-13-12-14-19-26)33(36(40)43-4-2)37-45(41,42)27-23-24-29-28-20-16-17-21-30(28)34(39)31(29)25-27/h12-14,16-21,23-25,33,35,37H,3-11,15,22H2,1-2H3/t33-,35-/m1/s1. The van der Waals surface area contributed by atoms with E-state index in [2.05, 4.69) is 11.6 Å². The number of esters is 2. The third-order valence-corrected chi connectivity index (χ3v) is 9.44. The molecule has 9 heteroatoms. The Morgan fingerprint density at radius 2 is 1.33 bits per heavy atom. The summed E-state index contributed by atoms with van der Waals surface area (Å²) < 4.78 is 41.0. The fourth-order valence-corrected chi connectivity index (χ4v) is 6.84. The van der Waals surface area contributed by atoms with E-state index in [4.69, 9.17) is 9.47 Å². The van der Waals surface area contributed by atoms with Gasteiger partial charge in [-0.15, -0.1) is 0 Å². The van der Waals surface area contributed by atoms with Crippen molar-refractivity contribution in [2.45, 2.75) is 95.1 Å². The van der Waals surface area contributed by atoms with Crippen LogP contribution >= 0.6 is 0 Å². The van der Waals surface area contributed by atoms with Crippen molar-refractivity contribution in [2.75, 3.05) is 6.61 Å². The fraction of sp³-hybridized carbons (Fsp3) is 0.417. The first-order chi connectivity index (χ1) is 21.8. The zero-order valence-electron chi connectivity index (χ0n) is 26.1. The van der Waals surface area contributed by atoms with E-state index in [1.54, 1.807) is 55.5 Å². The Bertz CT molecular complexity index is 1570. The summed E-state index contributed by atoms with van der Waals surface area (Å²) in [6.45, 7) is 3.80. The first-order valence-corrected chi connectivity index (χ1v) is 17.5. The van der Waals surface area contributed by atoms with Crippen LogP contribution in [0.4, 0.5) is 0 Å². The third kappa shape index (κ3) is 8.89. The molecule has 1 aliphatic rings. The lowest BCUT2D eigenvalue weighted by Gasteiger charge is -2.27. The van der Waals surface area contributed by atoms with Gasteiger partial charge in [-0.25, -0.2) is 8.42 Å². The van der Waals surface area contributed by atoms with Crippen LogP contribution in [0.1, 0.15) is 106 Å². The molecule has 0 spiro atoms. The molecular weight excluding hydrogens is 590 g/mol. The van der Waals surface area contributed by atoms with E-state index in [0.29, 0.717) is 23.1 Å². The third-order valence-electron chi connectivity index (χ3n) is 8.00. The molecule has 8 nitrogen and oxygen atoms in total. The quantitative estimate of drug-likeness (QED) is 0.0902. The highest BCUT2D eigenvalue weighted by Crippen LogP contribution is 2.37. The number of carbonyl (C=O) groups is 3. The number of benzene rings is 3. The SMILES string of the molecule is CCCCCCCCCCCC(=O)O[C@H](c1ccccc1)[C@@H](NS(=O)(=O)c1ccc2c(c1)C(=O)c1ccccc1-2)C(=O)OCC. The number of rotatable bonds is 18. The van der Waals surface area contributed by atoms with Gasteiger partial charge in [0.25, 0.3) is 0 Å². The van der Waals surface area contributed by atoms with Gasteiger partial charge in [0.1, 0.15) is 0 Å². The lowest BCUT2D eigenvalue weighted by molar-refractivity contribution is -0.158. The highest BCUT2D eigenvalue weighted by Gasteiger charge is 2.38. The second kappa shape index (κ2) is 16.5. The Morgan fingerprint density at radius 1 is 0.733 bits per heavy atom. The Morgan fingerprint density at radius 3 is 2.00 bits per heavy atom. The maximum atomic E-state index is 13.7. The molecule has 4 rings (SSSR count). The van der Waals surface area contributed by atoms with Gasteiger partial charge in [-0.3, -0.25) is 14.4 Å². The zero-order valence-corrected chi connectivity index (χ0v) is 26.9. The van der Waals surface area contributed by atoms with Crippen molar-refractivity contribution in [3.63, 3.8) is 0 Å². The van der Waals surface area contributed by atoms with Gasteiger partial charge in [-0.2, -0.15) is 4.72 Å². The maximum Gasteiger partial charge on any atom is 0.328 e. The van der Waals surface area contributed by atoms with Crippen molar-refractivity contribution < 1.29 is 32.3 Å². The van der Waals surface area contributed by atoms with Crippen LogP contribution in [0.3, 0.4) is 0 Å². The number of nitrogens with one attached hydrogen (secondary N) is 1. The van der Waals surface area contributed by atoms with Crippen molar-refractivity contribution in [3.05, 3.63) is 89.5 Å². The lowest BCUT2D eigenvalue weighted by Crippen LogP contribution is -2.47. The number of carbonyl (C=O) groups excluding carboxylic acids is 3. The van der Waals surface area contributed by atoms with Crippen LogP contribution in [0.5, 0.6) is 0 Å². The molecule has 0 saturated carbocycles. The Hall–Kier alpha value is -3.82. The van der Waals surface area contributed by atoms with Crippen molar-refractivity contribution in [3.8, 4) is 11.1 Å². The van der Waals surface area contributed by atoms with Crippen molar-refractivity contribution >= 4 is 27.7 Å². The molecule has 0 bridgehead atoms. The van der Waals surface area contributed by atoms with Crippen LogP contribution in [0.15, 0.2) is 77.7 Å². The molecule has 0 unspecified atom stereocenters. The second-order valence-electron chi connectivity index (χ2n) is 11.3. The summed E-state index contributed by atoms with van der Waals surface area (Å²) >= 11 is 0. The molecule has 0 radical (unpaired) electrons. The van der Waals surface area contributed by atoms with E-state index >= 15 is 0 Å². The van der Waals surface area contributed by atoms with E-state index in [0.717, 1.165) is 24.8 Å². The van der Waals surface area contributed by atoms with Gasteiger partial charge in [0.15, 0.2) is 17.9 Å². The van der Waals surface area contributed by atoms with E-state index in [-0.39, 0.29) is 29.3 Å².